The first-order valence-corrected chi connectivity index (χ1v) is 8.64. The van der Waals surface area contributed by atoms with E-state index >= 15 is 0 Å². The van der Waals surface area contributed by atoms with Crippen molar-refractivity contribution in [3.05, 3.63) is 11.8 Å². The number of H-pyrrole nitrogens is 1. The molecule has 0 unspecified atom stereocenters. The third-order valence-corrected chi connectivity index (χ3v) is 4.81. The number of morpholine rings is 1. The molecule has 0 aromatic carbocycles. The van der Waals surface area contributed by atoms with Crippen molar-refractivity contribution in [2.75, 3.05) is 38.5 Å². The number of rotatable bonds is 6. The second-order valence-electron chi connectivity index (χ2n) is 6.65. The fraction of sp³-hybridized carbons (Fsp3) is 0.750. The van der Waals surface area contributed by atoms with Crippen LogP contribution < -0.4 is 11.1 Å². The van der Waals surface area contributed by atoms with Crippen molar-refractivity contribution in [1.29, 1.82) is 0 Å². The number of hydrogen-bond donors (Lipinski definition) is 3. The highest BCUT2D eigenvalue weighted by Gasteiger charge is 2.24. The number of carbonyl (C=O) groups is 1. The number of amides is 1. The predicted octanol–water partition coefficient (Wildman–Crippen LogP) is 1.00. The average molecular weight is 321 g/mol. The minimum atomic E-state index is -0.173. The molecule has 3 rings (SSSR count). The molecule has 7 heteroatoms. The molecule has 2 aliphatic rings. The number of nitrogens with two attached hydrogens (primary N) is 1. The van der Waals surface area contributed by atoms with Gasteiger partial charge in [-0.1, -0.05) is 12.8 Å². The van der Waals surface area contributed by atoms with Crippen LogP contribution in [0.5, 0.6) is 0 Å². The molecule has 1 aromatic heterocycles. The fourth-order valence-electron chi connectivity index (χ4n) is 3.57. The number of hydrogen-bond acceptors (Lipinski definition) is 5. The number of anilines is 1. The fourth-order valence-corrected chi connectivity index (χ4v) is 3.57. The normalized spacial score (nSPS) is 23.2. The summed E-state index contributed by atoms with van der Waals surface area (Å²) in [5.74, 6) is 1.03. The summed E-state index contributed by atoms with van der Waals surface area (Å²) in [4.78, 5) is 14.4. The summed E-state index contributed by atoms with van der Waals surface area (Å²) in [6.45, 7) is 4.61. The molecule has 2 heterocycles. The molecule has 0 spiro atoms. The molecule has 7 nitrogen and oxygen atoms in total. The summed E-state index contributed by atoms with van der Waals surface area (Å²) < 4.78 is 5.83. The van der Waals surface area contributed by atoms with Gasteiger partial charge in [0.05, 0.1) is 12.7 Å². The van der Waals surface area contributed by atoms with Gasteiger partial charge < -0.3 is 15.8 Å². The maximum atomic E-state index is 11.9. The lowest BCUT2D eigenvalue weighted by atomic mass is 10.1. The van der Waals surface area contributed by atoms with Gasteiger partial charge in [-0.15, -0.1) is 0 Å². The van der Waals surface area contributed by atoms with Gasteiger partial charge in [-0.25, -0.2) is 0 Å². The number of nitrogens with zero attached hydrogens (tertiary/aromatic N) is 2. The van der Waals surface area contributed by atoms with E-state index in [1.807, 2.05) is 0 Å². The molecule has 1 amide bonds. The predicted molar refractivity (Wildman–Crippen MR) is 88.1 cm³/mol. The number of nitrogen functional groups attached to an aromatic ring is 1. The Bertz CT molecular complexity index is 512. The zero-order chi connectivity index (χ0) is 16.1. The van der Waals surface area contributed by atoms with Crippen LogP contribution in [0.2, 0.25) is 0 Å². The second kappa shape index (κ2) is 7.79. The molecule has 1 atom stereocenters. The molecule has 1 saturated heterocycles. The van der Waals surface area contributed by atoms with Gasteiger partial charge in [-0.3, -0.25) is 14.8 Å². The lowest BCUT2D eigenvalue weighted by Crippen LogP contribution is -2.45. The first-order chi connectivity index (χ1) is 11.2. The van der Waals surface area contributed by atoms with Crippen molar-refractivity contribution in [2.24, 2.45) is 5.92 Å². The Balaban J connectivity index is 1.37. The van der Waals surface area contributed by atoms with Crippen LogP contribution in [0.4, 0.5) is 5.82 Å². The van der Waals surface area contributed by atoms with E-state index in [-0.39, 0.29) is 12.0 Å². The van der Waals surface area contributed by atoms with Gasteiger partial charge >= 0.3 is 0 Å². The molecule has 1 aliphatic carbocycles. The number of nitrogens with one attached hydrogen (secondary N) is 2. The zero-order valence-corrected chi connectivity index (χ0v) is 13.6. The highest BCUT2D eigenvalue weighted by molar-refractivity contribution is 5.92. The third kappa shape index (κ3) is 4.68. The molecule has 0 bridgehead atoms. The molecular weight excluding hydrogens is 294 g/mol. The summed E-state index contributed by atoms with van der Waals surface area (Å²) in [7, 11) is 0. The van der Waals surface area contributed by atoms with E-state index in [2.05, 4.69) is 20.4 Å². The van der Waals surface area contributed by atoms with Crippen molar-refractivity contribution in [3.8, 4) is 0 Å². The summed E-state index contributed by atoms with van der Waals surface area (Å²) in [6.07, 6.45) is 6.58. The van der Waals surface area contributed by atoms with E-state index < -0.39 is 0 Å². The van der Waals surface area contributed by atoms with Crippen molar-refractivity contribution in [3.63, 3.8) is 0 Å². The molecule has 0 radical (unpaired) electrons. The molecule has 23 heavy (non-hydrogen) atoms. The van der Waals surface area contributed by atoms with Gasteiger partial charge in [0.2, 0.25) is 0 Å². The van der Waals surface area contributed by atoms with E-state index in [0.29, 0.717) is 18.1 Å². The van der Waals surface area contributed by atoms with Gasteiger partial charge in [0.1, 0.15) is 11.5 Å². The van der Waals surface area contributed by atoms with Gasteiger partial charge in [0.25, 0.3) is 5.91 Å². The van der Waals surface area contributed by atoms with Crippen LogP contribution in [0.3, 0.4) is 0 Å². The highest BCUT2D eigenvalue weighted by Crippen LogP contribution is 2.26. The summed E-state index contributed by atoms with van der Waals surface area (Å²) in [5, 5.41) is 9.25. The quantitative estimate of drug-likeness (QED) is 0.726. The first-order valence-electron chi connectivity index (χ1n) is 8.64. The maximum absolute atomic E-state index is 11.9. The SMILES string of the molecule is Nc1cc(C(=O)NCC[C@@H]2CN(CC3CCCC3)CCO2)[nH]n1. The topological polar surface area (TPSA) is 96.3 Å². The van der Waals surface area contributed by atoms with Gasteiger partial charge in [0, 0.05) is 32.2 Å². The van der Waals surface area contributed by atoms with E-state index in [4.69, 9.17) is 10.5 Å². The number of aromatic amines is 1. The molecular formula is C16H27N5O2. The van der Waals surface area contributed by atoms with E-state index in [1.54, 1.807) is 0 Å². The lowest BCUT2D eigenvalue weighted by molar-refractivity contribution is -0.0355. The Hall–Kier alpha value is -1.60. The summed E-state index contributed by atoms with van der Waals surface area (Å²) in [6, 6.07) is 1.54. The maximum Gasteiger partial charge on any atom is 0.269 e. The number of carbonyl (C=O) groups excluding carboxylic acids is 1. The lowest BCUT2D eigenvalue weighted by Gasteiger charge is -2.34. The Kier molecular flexibility index (Phi) is 5.51. The Morgan fingerprint density at radius 1 is 1.48 bits per heavy atom. The Morgan fingerprint density at radius 3 is 3.04 bits per heavy atom. The van der Waals surface area contributed by atoms with Crippen molar-refractivity contribution in [1.82, 2.24) is 20.4 Å². The number of aromatic nitrogens is 2. The van der Waals surface area contributed by atoms with Gasteiger partial charge in [-0.05, 0) is 25.2 Å². The van der Waals surface area contributed by atoms with Crippen molar-refractivity contribution < 1.29 is 9.53 Å². The first kappa shape index (κ1) is 16.3. The van der Waals surface area contributed by atoms with Crippen LogP contribution in [0.1, 0.15) is 42.6 Å². The van der Waals surface area contributed by atoms with Crippen molar-refractivity contribution in [2.45, 2.75) is 38.2 Å². The van der Waals surface area contributed by atoms with E-state index in [1.165, 1.54) is 38.3 Å². The summed E-state index contributed by atoms with van der Waals surface area (Å²) >= 11 is 0. The number of ether oxygens (including phenoxy) is 1. The molecule has 1 saturated carbocycles. The average Bonchev–Trinajstić information content (AvgIpc) is 3.19. The van der Waals surface area contributed by atoms with Crippen LogP contribution in [-0.4, -0.2) is 59.9 Å². The van der Waals surface area contributed by atoms with Gasteiger partial charge in [-0.2, -0.15) is 5.10 Å². The van der Waals surface area contributed by atoms with Crippen LogP contribution in [0.25, 0.3) is 0 Å². The highest BCUT2D eigenvalue weighted by atomic mass is 16.5. The minimum Gasteiger partial charge on any atom is -0.382 e. The zero-order valence-electron chi connectivity index (χ0n) is 13.6. The van der Waals surface area contributed by atoms with Crippen LogP contribution in [0.15, 0.2) is 6.07 Å². The largest absolute Gasteiger partial charge is 0.382 e. The molecule has 1 aliphatic heterocycles. The van der Waals surface area contributed by atoms with E-state index in [0.717, 1.165) is 32.0 Å². The Morgan fingerprint density at radius 2 is 2.30 bits per heavy atom. The minimum absolute atomic E-state index is 0.173. The Labute approximate surface area is 136 Å². The second-order valence-corrected chi connectivity index (χ2v) is 6.65. The smallest absolute Gasteiger partial charge is 0.269 e. The monoisotopic (exact) mass is 321 g/mol. The molecule has 1 aromatic rings. The van der Waals surface area contributed by atoms with Gasteiger partial charge in [0.15, 0.2) is 0 Å². The van der Waals surface area contributed by atoms with E-state index in [9.17, 15) is 4.79 Å². The van der Waals surface area contributed by atoms with Crippen LogP contribution >= 0.6 is 0 Å². The molecule has 2 fully saturated rings. The standard InChI is InChI=1S/C16H27N5O2/c17-15-9-14(19-20-15)16(22)18-6-5-13-11-21(7-8-23-13)10-12-3-1-2-4-12/h9,12-13H,1-8,10-11H2,(H,18,22)(H3,17,19,20)/t13-/m1/s1. The molecule has 128 valence electrons. The molecule has 4 N–H and O–H groups in total. The van der Waals surface area contributed by atoms with Crippen molar-refractivity contribution >= 4 is 11.7 Å². The van der Waals surface area contributed by atoms with Crippen LogP contribution in [-0.2, 0) is 4.74 Å². The summed E-state index contributed by atoms with van der Waals surface area (Å²) in [5.41, 5.74) is 5.89. The third-order valence-electron chi connectivity index (χ3n) is 4.81. The van der Waals surface area contributed by atoms with Crippen LogP contribution in [0, 0.1) is 5.92 Å².